The molecular formula is C7H10N2O2. The van der Waals surface area contributed by atoms with E-state index in [4.69, 9.17) is 0 Å². The van der Waals surface area contributed by atoms with Crippen LogP contribution in [0.15, 0.2) is 12.8 Å². The van der Waals surface area contributed by atoms with Crippen molar-refractivity contribution in [3.63, 3.8) is 0 Å². The van der Waals surface area contributed by atoms with Crippen LogP contribution < -0.4 is 10.6 Å². The topological polar surface area (TPSA) is 58.2 Å². The molecule has 1 aliphatic rings. The Hall–Kier alpha value is -1.32. The van der Waals surface area contributed by atoms with Crippen LogP contribution in [0.2, 0.25) is 0 Å². The molecule has 11 heavy (non-hydrogen) atoms. The first kappa shape index (κ1) is 7.78. The van der Waals surface area contributed by atoms with E-state index >= 15 is 0 Å². The molecule has 1 unspecified atom stereocenters. The molecule has 0 spiro atoms. The number of carbonyl (C=O) groups excluding carboxylic acids is 2. The normalized spacial score (nSPS) is 24.2. The zero-order valence-electron chi connectivity index (χ0n) is 6.09. The summed E-state index contributed by atoms with van der Waals surface area (Å²) >= 11 is 0. The molecule has 0 radical (unpaired) electrons. The fourth-order valence-corrected chi connectivity index (χ4v) is 0.995. The molecule has 1 fully saturated rings. The zero-order chi connectivity index (χ0) is 8.27. The molecule has 1 heterocycles. The highest BCUT2D eigenvalue weighted by molar-refractivity contribution is 6.00. The van der Waals surface area contributed by atoms with E-state index in [-0.39, 0.29) is 17.9 Å². The number of imide groups is 1. The molecule has 1 rings (SSSR count). The quantitative estimate of drug-likeness (QED) is 0.528. The number of amides is 2. The smallest absolute Gasteiger partial charge is 0.249 e. The average Bonchev–Trinajstić information content (AvgIpc) is 1.95. The second-order valence-electron chi connectivity index (χ2n) is 2.37. The van der Waals surface area contributed by atoms with Crippen LogP contribution in [-0.2, 0) is 9.59 Å². The minimum atomic E-state index is -0.287. The highest BCUT2D eigenvalue weighted by atomic mass is 16.2. The van der Waals surface area contributed by atoms with E-state index in [0.717, 1.165) is 0 Å². The monoisotopic (exact) mass is 154 g/mol. The van der Waals surface area contributed by atoms with Crippen LogP contribution in [0.5, 0.6) is 0 Å². The van der Waals surface area contributed by atoms with Gasteiger partial charge in [0, 0.05) is 6.42 Å². The summed E-state index contributed by atoms with van der Waals surface area (Å²) in [6.07, 6.45) is 2.41. The maximum absolute atomic E-state index is 11.0. The molecule has 0 aromatic rings. The number of hydrogen-bond acceptors (Lipinski definition) is 3. The van der Waals surface area contributed by atoms with Crippen molar-refractivity contribution in [3.05, 3.63) is 12.8 Å². The van der Waals surface area contributed by atoms with E-state index in [0.29, 0.717) is 12.8 Å². The molecule has 1 aliphatic heterocycles. The molecule has 0 bridgehead atoms. The van der Waals surface area contributed by atoms with E-state index in [9.17, 15) is 9.59 Å². The average molecular weight is 154 g/mol. The summed E-state index contributed by atoms with van der Waals surface area (Å²) in [5.41, 5.74) is 0. The van der Waals surface area contributed by atoms with Gasteiger partial charge in [-0.3, -0.25) is 14.9 Å². The van der Waals surface area contributed by atoms with Crippen molar-refractivity contribution in [3.8, 4) is 0 Å². The van der Waals surface area contributed by atoms with Crippen molar-refractivity contribution in [1.29, 1.82) is 0 Å². The summed E-state index contributed by atoms with van der Waals surface area (Å²) in [6, 6.07) is -0.287. The molecule has 4 nitrogen and oxygen atoms in total. The van der Waals surface area contributed by atoms with Gasteiger partial charge in [0.2, 0.25) is 11.8 Å². The fraction of sp³-hybridized carbons (Fsp3) is 0.429. The Balaban J connectivity index is 2.50. The molecule has 0 saturated carbocycles. The SMILES string of the molecule is C=CNC1CCC(=O)NC1=O. The first-order valence-electron chi connectivity index (χ1n) is 3.44. The van der Waals surface area contributed by atoms with Crippen molar-refractivity contribution < 1.29 is 9.59 Å². The van der Waals surface area contributed by atoms with Crippen LogP contribution in [0.1, 0.15) is 12.8 Å². The van der Waals surface area contributed by atoms with Gasteiger partial charge in [-0.15, -0.1) is 0 Å². The molecule has 0 aromatic heterocycles. The summed E-state index contributed by atoms with van der Waals surface area (Å²) in [5, 5.41) is 4.98. The molecule has 0 aliphatic carbocycles. The molecule has 1 atom stereocenters. The third-order valence-electron chi connectivity index (χ3n) is 1.56. The van der Waals surface area contributed by atoms with Crippen LogP contribution in [0.4, 0.5) is 0 Å². The van der Waals surface area contributed by atoms with Gasteiger partial charge < -0.3 is 5.32 Å². The van der Waals surface area contributed by atoms with Crippen LogP contribution in [-0.4, -0.2) is 17.9 Å². The maximum Gasteiger partial charge on any atom is 0.249 e. The Morgan fingerprint density at radius 3 is 2.91 bits per heavy atom. The first-order valence-corrected chi connectivity index (χ1v) is 3.44. The highest BCUT2D eigenvalue weighted by Crippen LogP contribution is 2.03. The van der Waals surface area contributed by atoms with Crippen LogP contribution in [0, 0.1) is 0 Å². The number of piperidine rings is 1. The predicted octanol–water partition coefficient (Wildman–Crippen LogP) is -0.475. The Labute approximate surface area is 64.7 Å². The Bertz CT molecular complexity index is 201. The summed E-state index contributed by atoms with van der Waals surface area (Å²) in [5.74, 6) is -0.460. The second-order valence-corrected chi connectivity index (χ2v) is 2.37. The van der Waals surface area contributed by atoms with E-state index < -0.39 is 0 Å². The Morgan fingerprint density at radius 2 is 2.36 bits per heavy atom. The number of nitrogens with one attached hydrogen (secondary N) is 2. The third kappa shape index (κ3) is 1.80. The zero-order valence-corrected chi connectivity index (χ0v) is 6.09. The summed E-state index contributed by atoms with van der Waals surface area (Å²) in [7, 11) is 0. The third-order valence-corrected chi connectivity index (χ3v) is 1.56. The van der Waals surface area contributed by atoms with Gasteiger partial charge in [-0.2, -0.15) is 0 Å². The van der Waals surface area contributed by atoms with Crippen LogP contribution >= 0.6 is 0 Å². The second kappa shape index (κ2) is 3.18. The van der Waals surface area contributed by atoms with Gasteiger partial charge in [-0.1, -0.05) is 6.58 Å². The number of hydrogen-bond donors (Lipinski definition) is 2. The van der Waals surface area contributed by atoms with Gasteiger partial charge in [-0.05, 0) is 12.6 Å². The molecule has 1 saturated heterocycles. The summed E-state index contributed by atoms with van der Waals surface area (Å²) in [6.45, 7) is 3.43. The lowest BCUT2D eigenvalue weighted by molar-refractivity contribution is -0.134. The maximum atomic E-state index is 11.0. The molecule has 0 aromatic carbocycles. The van der Waals surface area contributed by atoms with E-state index in [1.807, 2.05) is 0 Å². The molecule has 60 valence electrons. The van der Waals surface area contributed by atoms with Gasteiger partial charge >= 0.3 is 0 Å². The van der Waals surface area contributed by atoms with Crippen molar-refractivity contribution in [2.45, 2.75) is 18.9 Å². The minimum Gasteiger partial charge on any atom is -0.380 e. The lowest BCUT2D eigenvalue weighted by Gasteiger charge is -2.20. The van der Waals surface area contributed by atoms with Gasteiger partial charge in [0.15, 0.2) is 0 Å². The Kier molecular flexibility index (Phi) is 2.25. The number of carbonyl (C=O) groups is 2. The van der Waals surface area contributed by atoms with Crippen molar-refractivity contribution >= 4 is 11.8 Å². The van der Waals surface area contributed by atoms with Gasteiger partial charge in [-0.25, -0.2) is 0 Å². The molecular weight excluding hydrogens is 144 g/mol. The largest absolute Gasteiger partial charge is 0.380 e. The fourth-order valence-electron chi connectivity index (χ4n) is 0.995. The van der Waals surface area contributed by atoms with Crippen molar-refractivity contribution in [2.75, 3.05) is 0 Å². The standard InChI is InChI=1S/C7H10N2O2/c1-2-8-5-3-4-6(10)9-7(5)11/h2,5,8H,1,3-4H2,(H,9,10,11). The van der Waals surface area contributed by atoms with Crippen LogP contribution in [0.25, 0.3) is 0 Å². The minimum absolute atomic E-state index is 0.197. The van der Waals surface area contributed by atoms with Gasteiger partial charge in [0.1, 0.15) is 6.04 Å². The number of rotatable bonds is 2. The summed E-state index contributed by atoms with van der Waals surface area (Å²) < 4.78 is 0. The highest BCUT2D eigenvalue weighted by Gasteiger charge is 2.24. The predicted molar refractivity (Wildman–Crippen MR) is 39.5 cm³/mol. The van der Waals surface area contributed by atoms with E-state index in [1.165, 1.54) is 6.20 Å². The van der Waals surface area contributed by atoms with Gasteiger partial charge in [0.05, 0.1) is 0 Å². The molecule has 2 amide bonds. The molecule has 4 heteroatoms. The molecule has 2 N–H and O–H groups in total. The first-order chi connectivity index (χ1) is 5.24. The van der Waals surface area contributed by atoms with E-state index in [1.54, 1.807) is 0 Å². The van der Waals surface area contributed by atoms with Crippen molar-refractivity contribution in [2.24, 2.45) is 0 Å². The van der Waals surface area contributed by atoms with Crippen LogP contribution in [0.3, 0.4) is 0 Å². The van der Waals surface area contributed by atoms with E-state index in [2.05, 4.69) is 17.2 Å². The lowest BCUT2D eigenvalue weighted by Crippen LogP contribution is -2.49. The summed E-state index contributed by atoms with van der Waals surface area (Å²) in [4.78, 5) is 21.6. The lowest BCUT2D eigenvalue weighted by atomic mass is 10.1. The Morgan fingerprint density at radius 1 is 1.64 bits per heavy atom. The van der Waals surface area contributed by atoms with Crippen molar-refractivity contribution in [1.82, 2.24) is 10.6 Å². The van der Waals surface area contributed by atoms with Gasteiger partial charge in [0.25, 0.3) is 0 Å².